The first kappa shape index (κ1) is 9.96. The first-order valence-corrected chi connectivity index (χ1v) is 2.05. The van der Waals surface area contributed by atoms with Crippen LogP contribution in [0, 0.1) is 0 Å². The molecule has 0 amide bonds. The fourth-order valence-electron chi connectivity index (χ4n) is 0.224. The third-order valence-corrected chi connectivity index (χ3v) is 0.447. The molecule has 0 spiro atoms. The fraction of sp³-hybridized carbons (Fsp3) is 1.00. The van der Waals surface area contributed by atoms with Crippen LogP contribution < -0.4 is 0 Å². The van der Waals surface area contributed by atoms with Gasteiger partial charge in [0.2, 0.25) is 0 Å². The largest absolute Gasteiger partial charge is 2.00 e. The molecule has 0 aromatic carbocycles. The molecular weight excluding hydrogens is 153 g/mol. The van der Waals surface area contributed by atoms with Gasteiger partial charge in [0.1, 0.15) is 0 Å². The predicted molar refractivity (Wildman–Crippen MR) is 24.4 cm³/mol. The summed E-state index contributed by atoms with van der Waals surface area (Å²) >= 11 is 0. The topological polar surface area (TPSA) is 14.1 Å². The molecule has 34 valence electrons. The Labute approximate surface area is 58.6 Å². The summed E-state index contributed by atoms with van der Waals surface area (Å²) in [6, 6.07) is 0. The van der Waals surface area contributed by atoms with Crippen molar-refractivity contribution in [2.75, 3.05) is 13.1 Å². The molecule has 0 aliphatic heterocycles. The minimum atomic E-state index is 0. The van der Waals surface area contributed by atoms with Crippen LogP contribution in [0.25, 0.3) is 5.32 Å². The molecule has 0 bridgehead atoms. The molecule has 0 atom stereocenters. The van der Waals surface area contributed by atoms with E-state index in [0.717, 1.165) is 13.1 Å². The van der Waals surface area contributed by atoms with Crippen molar-refractivity contribution in [2.45, 2.75) is 13.8 Å². The van der Waals surface area contributed by atoms with Crippen LogP contribution in [-0.2, 0) is 26.2 Å². The molecule has 1 nitrogen and oxygen atoms in total. The Morgan fingerprint density at radius 2 is 1.50 bits per heavy atom. The molecule has 0 saturated carbocycles. The molecule has 0 heterocycles. The standard InChI is InChI=1S/C4H10N.Zr/c1-3-5-4-2;/h3-4H2,1-2H3;/q-1;+2. The number of rotatable bonds is 2. The zero-order valence-corrected chi connectivity index (χ0v) is 6.82. The predicted octanol–water partition coefficient (Wildman–Crippen LogP) is 1.40. The second-order valence-electron chi connectivity index (χ2n) is 0.856. The van der Waals surface area contributed by atoms with Crippen LogP contribution in [0.4, 0.5) is 0 Å². The Balaban J connectivity index is 0. The van der Waals surface area contributed by atoms with Crippen LogP contribution in [0.1, 0.15) is 13.8 Å². The van der Waals surface area contributed by atoms with Crippen molar-refractivity contribution < 1.29 is 26.2 Å². The minimum Gasteiger partial charge on any atom is -0.663 e. The summed E-state index contributed by atoms with van der Waals surface area (Å²) in [5.74, 6) is 0. The van der Waals surface area contributed by atoms with Crippen molar-refractivity contribution in [3.63, 3.8) is 0 Å². The zero-order chi connectivity index (χ0) is 4.12. The molecule has 0 N–H and O–H groups in total. The Morgan fingerprint density at radius 1 is 1.17 bits per heavy atom. The molecular formula is C4H10NZr+. The quantitative estimate of drug-likeness (QED) is 0.584. The first-order chi connectivity index (χ1) is 2.41. The van der Waals surface area contributed by atoms with Gasteiger partial charge in [0.25, 0.3) is 0 Å². The summed E-state index contributed by atoms with van der Waals surface area (Å²) in [4.78, 5) is 0. The molecule has 0 rings (SSSR count). The van der Waals surface area contributed by atoms with Crippen LogP contribution >= 0.6 is 0 Å². The number of hydrogen-bond donors (Lipinski definition) is 0. The van der Waals surface area contributed by atoms with E-state index >= 15 is 0 Å². The normalized spacial score (nSPS) is 7.00. The summed E-state index contributed by atoms with van der Waals surface area (Å²) in [7, 11) is 0. The van der Waals surface area contributed by atoms with Gasteiger partial charge in [-0.15, -0.1) is 0 Å². The average molecular weight is 163 g/mol. The third-order valence-electron chi connectivity index (χ3n) is 0.447. The summed E-state index contributed by atoms with van der Waals surface area (Å²) < 4.78 is 0. The Morgan fingerprint density at radius 3 is 1.50 bits per heavy atom. The fourth-order valence-corrected chi connectivity index (χ4v) is 0.224. The number of nitrogens with zero attached hydrogens (tertiary/aromatic N) is 1. The van der Waals surface area contributed by atoms with Crippen molar-refractivity contribution in [1.29, 1.82) is 0 Å². The summed E-state index contributed by atoms with van der Waals surface area (Å²) in [5, 5.41) is 3.97. The Hall–Kier alpha value is 0.843. The molecule has 0 unspecified atom stereocenters. The van der Waals surface area contributed by atoms with E-state index in [1.54, 1.807) is 0 Å². The molecule has 0 aromatic rings. The van der Waals surface area contributed by atoms with Gasteiger partial charge in [-0.25, -0.2) is 0 Å². The molecule has 0 saturated heterocycles. The van der Waals surface area contributed by atoms with Gasteiger partial charge in [-0.1, -0.05) is 13.8 Å². The molecule has 2 heteroatoms. The molecule has 0 fully saturated rings. The van der Waals surface area contributed by atoms with E-state index in [-0.39, 0.29) is 26.2 Å². The molecule has 0 aliphatic carbocycles. The van der Waals surface area contributed by atoms with Crippen molar-refractivity contribution in [3.05, 3.63) is 5.32 Å². The van der Waals surface area contributed by atoms with Crippen LogP contribution in [0.15, 0.2) is 0 Å². The van der Waals surface area contributed by atoms with E-state index in [1.165, 1.54) is 0 Å². The second-order valence-corrected chi connectivity index (χ2v) is 0.856. The molecule has 0 radical (unpaired) electrons. The van der Waals surface area contributed by atoms with Gasteiger partial charge in [-0.3, -0.25) is 0 Å². The summed E-state index contributed by atoms with van der Waals surface area (Å²) in [6.07, 6.45) is 0. The van der Waals surface area contributed by atoms with Crippen LogP contribution in [-0.4, -0.2) is 13.1 Å². The second kappa shape index (κ2) is 9.28. The van der Waals surface area contributed by atoms with Crippen LogP contribution in [0.5, 0.6) is 0 Å². The SMILES string of the molecule is CC[N-]CC.[Zr+2]. The minimum absolute atomic E-state index is 0. The van der Waals surface area contributed by atoms with Crippen molar-refractivity contribution >= 4 is 0 Å². The Kier molecular flexibility index (Phi) is 15.4. The van der Waals surface area contributed by atoms with Crippen LogP contribution in [0.3, 0.4) is 0 Å². The maximum atomic E-state index is 3.97. The zero-order valence-electron chi connectivity index (χ0n) is 4.36. The maximum Gasteiger partial charge on any atom is 2.00 e. The molecule has 0 aromatic heterocycles. The van der Waals surface area contributed by atoms with E-state index in [9.17, 15) is 0 Å². The smallest absolute Gasteiger partial charge is 0.663 e. The van der Waals surface area contributed by atoms with Crippen molar-refractivity contribution in [1.82, 2.24) is 0 Å². The summed E-state index contributed by atoms with van der Waals surface area (Å²) in [5.41, 5.74) is 0. The average Bonchev–Trinajstić information content (AvgIpc) is 1.41. The van der Waals surface area contributed by atoms with Gasteiger partial charge in [-0.05, 0) is 0 Å². The van der Waals surface area contributed by atoms with Gasteiger partial charge in [0, 0.05) is 0 Å². The summed E-state index contributed by atoms with van der Waals surface area (Å²) in [6.45, 7) is 6.03. The van der Waals surface area contributed by atoms with Gasteiger partial charge in [0.15, 0.2) is 0 Å². The molecule has 6 heavy (non-hydrogen) atoms. The Bertz CT molecular complexity index is 15.0. The van der Waals surface area contributed by atoms with E-state index in [1.807, 2.05) is 13.8 Å². The van der Waals surface area contributed by atoms with E-state index in [4.69, 9.17) is 0 Å². The van der Waals surface area contributed by atoms with E-state index < -0.39 is 0 Å². The number of hydrogen-bond acceptors (Lipinski definition) is 0. The van der Waals surface area contributed by atoms with Gasteiger partial charge in [0.05, 0.1) is 0 Å². The van der Waals surface area contributed by atoms with Gasteiger partial charge < -0.3 is 5.32 Å². The van der Waals surface area contributed by atoms with Crippen LogP contribution in [0.2, 0.25) is 0 Å². The monoisotopic (exact) mass is 162 g/mol. The van der Waals surface area contributed by atoms with Crippen molar-refractivity contribution in [2.24, 2.45) is 0 Å². The maximum absolute atomic E-state index is 3.97. The van der Waals surface area contributed by atoms with Gasteiger partial charge in [-0.2, -0.15) is 13.1 Å². The first-order valence-electron chi connectivity index (χ1n) is 2.05. The van der Waals surface area contributed by atoms with E-state index in [0.29, 0.717) is 0 Å². The van der Waals surface area contributed by atoms with E-state index in [2.05, 4.69) is 5.32 Å². The third kappa shape index (κ3) is 8.85. The van der Waals surface area contributed by atoms with Crippen molar-refractivity contribution in [3.8, 4) is 0 Å². The molecule has 0 aliphatic rings. The van der Waals surface area contributed by atoms with Gasteiger partial charge >= 0.3 is 26.2 Å².